The van der Waals surface area contributed by atoms with E-state index in [2.05, 4.69) is 15.5 Å². The van der Waals surface area contributed by atoms with Gasteiger partial charge in [-0.1, -0.05) is 0 Å². The Balaban J connectivity index is 2.62. The predicted octanol–water partition coefficient (Wildman–Crippen LogP) is 1.48. The Morgan fingerprint density at radius 3 is 2.48 bits per heavy atom. The van der Waals surface area contributed by atoms with Crippen LogP contribution in [0.5, 0.6) is 5.88 Å². The van der Waals surface area contributed by atoms with Gasteiger partial charge in [0.25, 0.3) is 15.7 Å². The average molecular weight is 368 g/mol. The van der Waals surface area contributed by atoms with Crippen molar-refractivity contribution in [2.75, 3.05) is 12.4 Å². The highest BCUT2D eigenvalue weighted by molar-refractivity contribution is 7.86. The third-order valence-corrected chi connectivity index (χ3v) is 3.89. The average Bonchev–Trinajstić information content (AvgIpc) is 2.52. The first-order valence-electron chi connectivity index (χ1n) is 6.54. The highest BCUT2D eigenvalue weighted by Crippen LogP contribution is 2.32. The molecule has 1 aromatic carbocycles. The zero-order chi connectivity index (χ0) is 18.8. The summed E-state index contributed by atoms with van der Waals surface area (Å²) < 4.78 is 32.2. The quantitative estimate of drug-likeness (QED) is 0.388. The monoisotopic (exact) mass is 368 g/mol. The van der Waals surface area contributed by atoms with Gasteiger partial charge in [0.05, 0.1) is 5.56 Å². The van der Waals surface area contributed by atoms with Crippen LogP contribution in [0.1, 0.15) is 10.4 Å². The van der Waals surface area contributed by atoms with E-state index in [1.807, 2.05) is 4.98 Å². The summed E-state index contributed by atoms with van der Waals surface area (Å²) in [7, 11) is -3.11. The first-order chi connectivity index (χ1) is 11.6. The van der Waals surface area contributed by atoms with Crippen LogP contribution in [0, 0.1) is 0 Å². The van der Waals surface area contributed by atoms with Crippen molar-refractivity contribution in [2.24, 2.45) is 10.2 Å². The van der Waals surface area contributed by atoms with Crippen molar-refractivity contribution in [3.8, 4) is 5.88 Å². The SMILES string of the molecule is CNc1ccc(N=Nc2c(C(=O)O)cc(=O)[nH]c2O)c(S(=O)(=O)O)c1. The van der Waals surface area contributed by atoms with Crippen LogP contribution >= 0.6 is 0 Å². The Hall–Kier alpha value is -3.25. The van der Waals surface area contributed by atoms with Crippen molar-refractivity contribution >= 4 is 33.1 Å². The molecule has 0 spiro atoms. The number of nitrogens with zero attached hydrogens (tertiary/aromatic N) is 2. The lowest BCUT2D eigenvalue weighted by molar-refractivity contribution is 0.0697. The van der Waals surface area contributed by atoms with Gasteiger partial charge in [-0.2, -0.15) is 8.42 Å². The molecule has 0 aliphatic rings. The smallest absolute Gasteiger partial charge is 0.338 e. The molecule has 132 valence electrons. The van der Waals surface area contributed by atoms with E-state index in [1.165, 1.54) is 19.2 Å². The van der Waals surface area contributed by atoms with Gasteiger partial charge < -0.3 is 15.5 Å². The van der Waals surface area contributed by atoms with E-state index in [4.69, 9.17) is 5.11 Å². The number of hydrogen-bond acceptors (Lipinski definition) is 8. The van der Waals surface area contributed by atoms with Gasteiger partial charge in [0.2, 0.25) is 5.88 Å². The summed E-state index contributed by atoms with van der Waals surface area (Å²) in [5, 5.41) is 28.4. The zero-order valence-electron chi connectivity index (χ0n) is 12.6. The minimum atomic E-state index is -4.64. The number of H-pyrrole nitrogens is 1. The summed E-state index contributed by atoms with van der Waals surface area (Å²) in [5.41, 5.74) is -2.02. The van der Waals surface area contributed by atoms with Gasteiger partial charge >= 0.3 is 5.97 Å². The third kappa shape index (κ3) is 3.99. The summed E-state index contributed by atoms with van der Waals surface area (Å²) in [6, 6.07) is 4.42. The summed E-state index contributed by atoms with van der Waals surface area (Å²) >= 11 is 0. The summed E-state index contributed by atoms with van der Waals surface area (Å²) in [5.74, 6) is -2.40. The summed E-state index contributed by atoms with van der Waals surface area (Å²) in [4.78, 5) is 23.7. The van der Waals surface area contributed by atoms with Gasteiger partial charge in [-0.15, -0.1) is 10.2 Å². The number of hydrogen-bond donors (Lipinski definition) is 5. The number of nitrogens with one attached hydrogen (secondary N) is 2. The number of carboxylic acid groups (broad SMARTS) is 1. The van der Waals surface area contributed by atoms with Crippen molar-refractivity contribution < 1.29 is 28.0 Å². The number of aromatic nitrogens is 1. The lowest BCUT2D eigenvalue weighted by Crippen LogP contribution is -2.09. The summed E-state index contributed by atoms with van der Waals surface area (Å²) in [6.07, 6.45) is 0. The van der Waals surface area contributed by atoms with Crippen molar-refractivity contribution in [3.63, 3.8) is 0 Å². The van der Waals surface area contributed by atoms with Gasteiger partial charge in [-0.3, -0.25) is 14.3 Å². The van der Waals surface area contributed by atoms with E-state index in [9.17, 15) is 27.7 Å². The fourth-order valence-electron chi connectivity index (χ4n) is 1.87. The molecular formula is C13H12N4O7S. The minimum absolute atomic E-state index is 0.302. The number of aromatic amines is 1. The van der Waals surface area contributed by atoms with Crippen LogP contribution in [-0.2, 0) is 10.1 Å². The number of benzene rings is 1. The highest BCUT2D eigenvalue weighted by atomic mass is 32.2. The molecular weight excluding hydrogens is 356 g/mol. The molecule has 25 heavy (non-hydrogen) atoms. The third-order valence-electron chi connectivity index (χ3n) is 3.01. The van der Waals surface area contributed by atoms with Gasteiger partial charge in [0, 0.05) is 18.8 Å². The number of azo groups is 1. The number of aromatic carboxylic acids is 1. The standard InChI is InChI=1S/C13H12N4O7S/c1-14-6-2-3-8(9(4-6)25(22,23)24)16-17-11-7(13(20)21)5-10(18)15-12(11)19/h2-5,14H,1H3,(H,20,21)(H2,15,18,19)(H,22,23,24). The van der Waals surface area contributed by atoms with Crippen LogP contribution in [0.4, 0.5) is 17.1 Å². The van der Waals surface area contributed by atoms with E-state index < -0.39 is 43.7 Å². The van der Waals surface area contributed by atoms with Crippen LogP contribution in [0.3, 0.4) is 0 Å². The number of rotatable bonds is 5. The normalized spacial score (nSPS) is 11.6. The first-order valence-corrected chi connectivity index (χ1v) is 7.98. The molecule has 0 fully saturated rings. The molecule has 0 bridgehead atoms. The van der Waals surface area contributed by atoms with Crippen molar-refractivity contribution in [1.29, 1.82) is 0 Å². The summed E-state index contributed by atoms with van der Waals surface area (Å²) in [6.45, 7) is 0. The van der Waals surface area contributed by atoms with E-state index >= 15 is 0 Å². The van der Waals surface area contributed by atoms with Crippen LogP contribution in [0.2, 0.25) is 0 Å². The number of pyridine rings is 1. The van der Waals surface area contributed by atoms with Crippen molar-refractivity contribution in [2.45, 2.75) is 4.90 Å². The number of aromatic hydroxyl groups is 1. The molecule has 12 heteroatoms. The fraction of sp³-hybridized carbons (Fsp3) is 0.0769. The Bertz CT molecular complexity index is 1030. The van der Waals surface area contributed by atoms with Crippen molar-refractivity contribution in [3.05, 3.63) is 40.2 Å². The van der Waals surface area contributed by atoms with Crippen molar-refractivity contribution in [1.82, 2.24) is 4.98 Å². The Morgan fingerprint density at radius 2 is 1.92 bits per heavy atom. The molecule has 0 saturated carbocycles. The van der Waals surface area contributed by atoms with E-state index in [-0.39, 0.29) is 5.69 Å². The Labute approximate surface area is 140 Å². The lowest BCUT2D eigenvalue weighted by Gasteiger charge is -2.06. The van der Waals surface area contributed by atoms with Crippen LogP contribution < -0.4 is 10.9 Å². The first kappa shape index (κ1) is 18.1. The molecule has 0 aliphatic carbocycles. The van der Waals surface area contributed by atoms with Gasteiger partial charge in [-0.25, -0.2) is 4.79 Å². The van der Waals surface area contributed by atoms with E-state index in [0.717, 1.165) is 6.07 Å². The van der Waals surface area contributed by atoms with E-state index in [1.54, 1.807) is 0 Å². The predicted molar refractivity (Wildman–Crippen MR) is 85.7 cm³/mol. The van der Waals surface area contributed by atoms with Crippen LogP contribution in [0.15, 0.2) is 44.2 Å². The number of carboxylic acids is 1. The maximum absolute atomic E-state index is 11.5. The molecule has 2 rings (SSSR count). The molecule has 0 radical (unpaired) electrons. The second kappa shape index (κ2) is 6.70. The molecule has 2 aromatic rings. The molecule has 0 amide bonds. The number of carbonyl (C=O) groups is 1. The molecule has 0 atom stereocenters. The molecule has 1 heterocycles. The maximum Gasteiger partial charge on any atom is 0.338 e. The largest absolute Gasteiger partial charge is 0.493 e. The Kier molecular flexibility index (Phi) is 4.85. The molecule has 5 N–H and O–H groups in total. The van der Waals surface area contributed by atoms with Gasteiger partial charge in [0.1, 0.15) is 10.6 Å². The highest BCUT2D eigenvalue weighted by Gasteiger charge is 2.19. The van der Waals surface area contributed by atoms with Crippen LogP contribution in [0.25, 0.3) is 0 Å². The van der Waals surface area contributed by atoms with Crippen LogP contribution in [-0.4, -0.2) is 41.2 Å². The minimum Gasteiger partial charge on any atom is -0.493 e. The second-order valence-electron chi connectivity index (χ2n) is 4.66. The van der Waals surface area contributed by atoms with Gasteiger partial charge in [-0.05, 0) is 18.2 Å². The number of anilines is 1. The molecule has 0 aliphatic heterocycles. The zero-order valence-corrected chi connectivity index (χ0v) is 13.4. The molecule has 1 aromatic heterocycles. The molecule has 0 saturated heterocycles. The molecule has 11 nitrogen and oxygen atoms in total. The Morgan fingerprint density at radius 1 is 1.24 bits per heavy atom. The second-order valence-corrected chi connectivity index (χ2v) is 6.05. The van der Waals surface area contributed by atoms with Gasteiger partial charge in [0.15, 0.2) is 5.69 Å². The van der Waals surface area contributed by atoms with E-state index in [0.29, 0.717) is 11.8 Å². The topological polar surface area (TPSA) is 182 Å². The molecule has 0 unspecified atom stereocenters. The maximum atomic E-state index is 11.5. The lowest BCUT2D eigenvalue weighted by atomic mass is 10.2. The fourth-order valence-corrected chi connectivity index (χ4v) is 2.52.